The average Bonchev–Trinajstić information content (AvgIpc) is 3.28. The van der Waals surface area contributed by atoms with Gasteiger partial charge in [-0.25, -0.2) is 0 Å². The van der Waals surface area contributed by atoms with Crippen LogP contribution in [0.4, 0.5) is 0 Å². The van der Waals surface area contributed by atoms with E-state index in [1.165, 1.54) is 4.90 Å². The molecule has 2 N–H and O–H groups in total. The van der Waals surface area contributed by atoms with Crippen LogP contribution in [0.5, 0.6) is 0 Å². The molecule has 1 saturated carbocycles. The van der Waals surface area contributed by atoms with E-state index in [0.29, 0.717) is 6.42 Å². The zero-order chi connectivity index (χ0) is 23.3. The Morgan fingerprint density at radius 2 is 1.76 bits per heavy atom. The molecule has 2 aromatic rings. The molecule has 5 rings (SSSR count). The molecule has 0 aromatic heterocycles. The Kier molecular flexibility index (Phi) is 5.52. The number of carbonyl (C=O) groups excluding carboxylic acids is 2. The summed E-state index contributed by atoms with van der Waals surface area (Å²) in [6.45, 7) is 3.93. The third-order valence-corrected chi connectivity index (χ3v) is 7.87. The molecule has 4 unspecified atom stereocenters. The quantitative estimate of drug-likeness (QED) is 0.667. The molecule has 3 fully saturated rings. The molecule has 2 amide bonds. The predicted octanol–water partition coefficient (Wildman–Crippen LogP) is 4.29. The highest BCUT2D eigenvalue weighted by molar-refractivity contribution is 6.09. The minimum Gasteiger partial charge on any atom is -0.480 e. The van der Waals surface area contributed by atoms with Crippen LogP contribution in [0, 0.1) is 17.8 Å². The van der Waals surface area contributed by atoms with Crippen molar-refractivity contribution in [2.45, 2.75) is 70.0 Å². The predicted molar refractivity (Wildman–Crippen MR) is 125 cm³/mol. The molecule has 174 valence electrons. The van der Waals surface area contributed by atoms with Gasteiger partial charge in [-0.1, -0.05) is 69.5 Å². The van der Waals surface area contributed by atoms with Gasteiger partial charge in [0.1, 0.15) is 5.54 Å². The fraction of sp³-hybridized carbons (Fsp3) is 0.519. The van der Waals surface area contributed by atoms with E-state index >= 15 is 0 Å². The number of carboxylic acid groups (broad SMARTS) is 1. The van der Waals surface area contributed by atoms with Gasteiger partial charge in [-0.2, -0.15) is 0 Å². The lowest BCUT2D eigenvalue weighted by Crippen LogP contribution is -2.57. The monoisotopic (exact) mass is 448 g/mol. The summed E-state index contributed by atoms with van der Waals surface area (Å²) in [6, 6.07) is 13.4. The maximum atomic E-state index is 13.8. The van der Waals surface area contributed by atoms with Crippen molar-refractivity contribution in [3.8, 4) is 0 Å². The number of benzene rings is 2. The summed E-state index contributed by atoms with van der Waals surface area (Å²) in [6.07, 6.45) is 5.04. The summed E-state index contributed by atoms with van der Waals surface area (Å²) in [7, 11) is 0. The number of likely N-dealkylation sites (tertiary alicyclic amines) is 1. The fourth-order valence-electron chi connectivity index (χ4n) is 6.53. The first-order valence-corrected chi connectivity index (χ1v) is 12.2. The molecule has 6 nitrogen and oxygen atoms in total. The van der Waals surface area contributed by atoms with E-state index < -0.39 is 29.4 Å². The normalized spacial score (nSPS) is 30.4. The van der Waals surface area contributed by atoms with E-state index in [-0.39, 0.29) is 23.8 Å². The Morgan fingerprint density at radius 3 is 2.42 bits per heavy atom. The molecular weight excluding hydrogens is 416 g/mol. The lowest BCUT2D eigenvalue weighted by atomic mass is 9.75. The summed E-state index contributed by atoms with van der Waals surface area (Å²) in [5, 5.41) is 15.9. The molecule has 0 bridgehead atoms. The second-order valence-electron chi connectivity index (χ2n) is 10.4. The number of nitrogens with one attached hydrogen (secondary N) is 1. The lowest BCUT2D eigenvalue weighted by Gasteiger charge is -2.35. The second-order valence-corrected chi connectivity index (χ2v) is 10.4. The lowest BCUT2D eigenvalue weighted by molar-refractivity contribution is -0.153. The van der Waals surface area contributed by atoms with E-state index in [4.69, 9.17) is 0 Å². The van der Waals surface area contributed by atoms with Gasteiger partial charge in [0.25, 0.3) is 0 Å². The topological polar surface area (TPSA) is 86.7 Å². The first-order valence-electron chi connectivity index (χ1n) is 12.2. The van der Waals surface area contributed by atoms with Gasteiger partial charge >= 0.3 is 5.97 Å². The summed E-state index contributed by atoms with van der Waals surface area (Å²) in [5.41, 5.74) is -0.590. The highest BCUT2D eigenvalue weighted by Gasteiger charge is 2.69. The molecule has 4 atom stereocenters. The largest absolute Gasteiger partial charge is 0.480 e. The van der Waals surface area contributed by atoms with Crippen LogP contribution >= 0.6 is 0 Å². The number of amides is 2. The number of carboxylic acids is 1. The molecule has 0 spiro atoms. The number of carbonyl (C=O) groups is 3. The average molecular weight is 449 g/mol. The van der Waals surface area contributed by atoms with Crippen molar-refractivity contribution in [1.82, 2.24) is 10.2 Å². The SMILES string of the molecule is CC(C)CC1(C(=O)O)NC(c2ccc3ccccc3c2)C2C(=O)N(C3CCCCC3)C(=O)C21. The minimum atomic E-state index is -1.45. The van der Waals surface area contributed by atoms with Crippen LogP contribution in [0.2, 0.25) is 0 Å². The van der Waals surface area contributed by atoms with E-state index in [9.17, 15) is 19.5 Å². The summed E-state index contributed by atoms with van der Waals surface area (Å²) in [5.74, 6) is -3.07. The molecular formula is C27H32N2O4. The summed E-state index contributed by atoms with van der Waals surface area (Å²) in [4.78, 5) is 41.8. The highest BCUT2D eigenvalue weighted by atomic mass is 16.4. The van der Waals surface area contributed by atoms with Crippen LogP contribution in [-0.4, -0.2) is 39.4 Å². The number of rotatable bonds is 5. The van der Waals surface area contributed by atoms with Gasteiger partial charge in [0.05, 0.1) is 11.8 Å². The third kappa shape index (κ3) is 3.46. The van der Waals surface area contributed by atoms with Crippen LogP contribution in [-0.2, 0) is 14.4 Å². The summed E-state index contributed by atoms with van der Waals surface area (Å²) >= 11 is 0. The van der Waals surface area contributed by atoms with Crippen molar-refractivity contribution < 1.29 is 19.5 Å². The van der Waals surface area contributed by atoms with Crippen LogP contribution < -0.4 is 5.32 Å². The van der Waals surface area contributed by atoms with Crippen LogP contribution in [0.1, 0.15) is 64.0 Å². The third-order valence-electron chi connectivity index (χ3n) is 7.87. The van der Waals surface area contributed by atoms with Crippen molar-refractivity contribution >= 4 is 28.6 Å². The first kappa shape index (κ1) is 22.1. The first-order chi connectivity index (χ1) is 15.8. The highest BCUT2D eigenvalue weighted by Crippen LogP contribution is 2.52. The van der Waals surface area contributed by atoms with E-state index in [0.717, 1.165) is 48.4 Å². The molecule has 6 heteroatoms. The van der Waals surface area contributed by atoms with Crippen molar-refractivity contribution in [2.75, 3.05) is 0 Å². The van der Waals surface area contributed by atoms with Gasteiger partial charge in [-0.15, -0.1) is 0 Å². The summed E-state index contributed by atoms with van der Waals surface area (Å²) < 4.78 is 0. The maximum absolute atomic E-state index is 13.8. The van der Waals surface area contributed by atoms with Crippen molar-refractivity contribution in [2.24, 2.45) is 17.8 Å². The molecule has 1 aliphatic carbocycles. The number of fused-ring (bicyclic) bond motifs is 2. The Labute approximate surface area is 194 Å². The van der Waals surface area contributed by atoms with Crippen molar-refractivity contribution in [3.63, 3.8) is 0 Å². The van der Waals surface area contributed by atoms with Crippen LogP contribution in [0.3, 0.4) is 0 Å². The maximum Gasteiger partial charge on any atom is 0.324 e. The van der Waals surface area contributed by atoms with Gasteiger partial charge in [-0.05, 0) is 47.6 Å². The van der Waals surface area contributed by atoms with Crippen LogP contribution in [0.25, 0.3) is 10.8 Å². The van der Waals surface area contributed by atoms with Gasteiger partial charge in [-0.3, -0.25) is 24.6 Å². The van der Waals surface area contributed by atoms with Crippen molar-refractivity contribution in [3.05, 3.63) is 48.0 Å². The smallest absolute Gasteiger partial charge is 0.324 e. The van der Waals surface area contributed by atoms with E-state index in [2.05, 4.69) is 5.32 Å². The Bertz CT molecular complexity index is 1110. The molecule has 2 aliphatic heterocycles. The number of aliphatic carboxylic acids is 1. The molecule has 33 heavy (non-hydrogen) atoms. The van der Waals surface area contributed by atoms with E-state index in [1.807, 2.05) is 56.3 Å². The van der Waals surface area contributed by atoms with Gasteiger partial charge in [0, 0.05) is 12.1 Å². The van der Waals surface area contributed by atoms with Crippen molar-refractivity contribution in [1.29, 1.82) is 0 Å². The van der Waals surface area contributed by atoms with Gasteiger partial charge in [0.15, 0.2) is 0 Å². The number of hydrogen-bond acceptors (Lipinski definition) is 4. The minimum absolute atomic E-state index is 0.0521. The number of nitrogens with zero attached hydrogens (tertiary/aromatic N) is 1. The Hall–Kier alpha value is -2.73. The molecule has 0 radical (unpaired) electrons. The van der Waals surface area contributed by atoms with Gasteiger partial charge < -0.3 is 5.11 Å². The zero-order valence-corrected chi connectivity index (χ0v) is 19.3. The van der Waals surface area contributed by atoms with Gasteiger partial charge in [0.2, 0.25) is 11.8 Å². The molecule has 3 aliphatic rings. The van der Waals surface area contributed by atoms with E-state index in [1.54, 1.807) is 0 Å². The number of hydrogen-bond donors (Lipinski definition) is 2. The molecule has 2 saturated heterocycles. The number of imide groups is 1. The molecule has 2 heterocycles. The fourth-order valence-corrected chi connectivity index (χ4v) is 6.53. The Morgan fingerprint density at radius 1 is 1.06 bits per heavy atom. The Balaban J connectivity index is 1.62. The zero-order valence-electron chi connectivity index (χ0n) is 19.3. The van der Waals surface area contributed by atoms with Crippen LogP contribution in [0.15, 0.2) is 42.5 Å². The molecule has 2 aromatic carbocycles. The second kappa shape index (κ2) is 8.24. The standard InChI is InChI=1S/C27H32N2O4/c1-16(2)15-27(26(32)33)22-21(24(30)29(25(22)31)20-10-4-3-5-11-20)23(28-27)19-13-12-17-8-6-7-9-18(17)14-19/h6-9,12-14,16,20-23,28H,3-5,10-11,15H2,1-2H3,(H,32,33).